The van der Waals surface area contributed by atoms with Gasteiger partial charge in [0.2, 0.25) is 10.0 Å². The van der Waals surface area contributed by atoms with Gasteiger partial charge in [-0.05, 0) is 26.2 Å². The third-order valence-corrected chi connectivity index (χ3v) is 5.16. The molecule has 19 heavy (non-hydrogen) atoms. The summed E-state index contributed by atoms with van der Waals surface area (Å²) in [6, 6.07) is -0.0747. The highest BCUT2D eigenvalue weighted by Gasteiger charge is 2.29. The van der Waals surface area contributed by atoms with Gasteiger partial charge >= 0.3 is 0 Å². The Balaban J connectivity index is 3.05. The second kappa shape index (κ2) is 5.92. The maximum absolute atomic E-state index is 12.5. The number of aryl methyl sites for hydroxylation is 1. The molecule has 1 unspecified atom stereocenters. The fourth-order valence-corrected chi connectivity index (χ4v) is 3.43. The van der Waals surface area contributed by atoms with Crippen molar-refractivity contribution in [2.75, 3.05) is 12.8 Å². The molecule has 0 saturated carbocycles. The predicted octanol–water partition coefficient (Wildman–Crippen LogP) is 1.54. The molecule has 0 fully saturated rings. The van der Waals surface area contributed by atoms with Crippen molar-refractivity contribution in [3.63, 3.8) is 0 Å². The highest BCUT2D eigenvalue weighted by molar-refractivity contribution is 7.89. The Morgan fingerprint density at radius 2 is 2.00 bits per heavy atom. The van der Waals surface area contributed by atoms with E-state index in [0.29, 0.717) is 12.5 Å². The smallest absolute Gasteiger partial charge is 0.248 e. The Morgan fingerprint density at radius 3 is 2.42 bits per heavy atom. The van der Waals surface area contributed by atoms with Gasteiger partial charge in [-0.1, -0.05) is 13.8 Å². The number of anilines is 1. The van der Waals surface area contributed by atoms with E-state index < -0.39 is 10.0 Å². The summed E-state index contributed by atoms with van der Waals surface area (Å²) in [5, 5.41) is 3.99. The number of nitrogen functional groups attached to an aromatic ring is 1. The number of hydrogen-bond acceptors (Lipinski definition) is 4. The van der Waals surface area contributed by atoms with Crippen LogP contribution in [0.1, 0.15) is 34.1 Å². The Labute approximate surface area is 115 Å². The molecule has 1 aromatic heterocycles. The summed E-state index contributed by atoms with van der Waals surface area (Å²) in [7, 11) is -1.99. The molecular formula is C12H24N4O2S. The minimum atomic E-state index is -3.58. The number of nitrogens with zero attached hydrogens (tertiary/aromatic N) is 3. The highest BCUT2D eigenvalue weighted by atomic mass is 32.2. The minimum absolute atomic E-state index is 0.0606. The molecule has 2 N–H and O–H groups in total. The highest BCUT2D eigenvalue weighted by Crippen LogP contribution is 2.23. The van der Waals surface area contributed by atoms with Gasteiger partial charge in [0.25, 0.3) is 0 Å². The average Bonchev–Trinajstić information content (AvgIpc) is 2.69. The molecule has 6 nitrogen and oxygen atoms in total. The molecule has 7 heteroatoms. The molecule has 1 atom stereocenters. The fraction of sp³-hybridized carbons (Fsp3) is 0.750. The van der Waals surface area contributed by atoms with Gasteiger partial charge in [0.1, 0.15) is 4.90 Å². The molecule has 0 bridgehead atoms. The van der Waals surface area contributed by atoms with Gasteiger partial charge in [0.05, 0.1) is 0 Å². The van der Waals surface area contributed by atoms with Gasteiger partial charge < -0.3 is 5.73 Å². The third kappa shape index (κ3) is 3.48. The van der Waals surface area contributed by atoms with Crippen LogP contribution in [-0.4, -0.2) is 35.6 Å². The van der Waals surface area contributed by atoms with Crippen LogP contribution in [0.15, 0.2) is 11.1 Å². The number of sulfonamides is 1. The summed E-state index contributed by atoms with van der Waals surface area (Å²) in [5.74, 6) is 0.494. The van der Waals surface area contributed by atoms with Gasteiger partial charge in [-0.25, -0.2) is 8.42 Å². The van der Waals surface area contributed by atoms with E-state index in [1.807, 2.05) is 13.8 Å². The van der Waals surface area contributed by atoms with E-state index in [9.17, 15) is 8.42 Å². The van der Waals surface area contributed by atoms with Crippen molar-refractivity contribution in [1.82, 2.24) is 14.1 Å². The van der Waals surface area contributed by atoms with Crippen molar-refractivity contribution in [3.05, 3.63) is 6.20 Å². The Morgan fingerprint density at radius 1 is 1.42 bits per heavy atom. The van der Waals surface area contributed by atoms with E-state index in [4.69, 9.17) is 5.73 Å². The van der Waals surface area contributed by atoms with Crippen LogP contribution in [0, 0.1) is 5.92 Å². The first kappa shape index (κ1) is 16.0. The second-order valence-electron chi connectivity index (χ2n) is 5.23. The number of hydrogen-bond donors (Lipinski definition) is 1. The van der Waals surface area contributed by atoms with E-state index in [1.165, 1.54) is 15.2 Å². The lowest BCUT2D eigenvalue weighted by Crippen LogP contribution is -2.36. The molecule has 0 saturated heterocycles. The van der Waals surface area contributed by atoms with Gasteiger partial charge in [0, 0.05) is 25.8 Å². The zero-order valence-corrected chi connectivity index (χ0v) is 13.1. The number of rotatable bonds is 6. The Kier molecular flexibility index (Phi) is 4.98. The normalized spacial score (nSPS) is 14.3. The van der Waals surface area contributed by atoms with Crippen molar-refractivity contribution >= 4 is 15.8 Å². The topological polar surface area (TPSA) is 81.2 Å². The molecule has 0 spiro atoms. The van der Waals surface area contributed by atoms with Crippen molar-refractivity contribution in [2.24, 2.45) is 5.92 Å². The van der Waals surface area contributed by atoms with Gasteiger partial charge in [-0.15, -0.1) is 0 Å². The molecule has 0 aliphatic rings. The SMILES string of the molecule is CCn1cc(S(=O)(=O)N(C)C(C)CC(C)C)c(N)n1. The first-order chi connectivity index (χ1) is 8.70. The van der Waals surface area contributed by atoms with Crippen molar-refractivity contribution < 1.29 is 8.42 Å². The van der Waals surface area contributed by atoms with E-state index in [0.717, 1.165) is 6.42 Å². The monoisotopic (exact) mass is 288 g/mol. The molecule has 110 valence electrons. The van der Waals surface area contributed by atoms with E-state index in [2.05, 4.69) is 18.9 Å². The van der Waals surface area contributed by atoms with Gasteiger partial charge in [-0.2, -0.15) is 9.40 Å². The molecule has 0 amide bonds. The van der Waals surface area contributed by atoms with Crippen LogP contribution in [0.4, 0.5) is 5.82 Å². The second-order valence-corrected chi connectivity index (χ2v) is 7.20. The summed E-state index contributed by atoms with van der Waals surface area (Å²) >= 11 is 0. The number of nitrogens with two attached hydrogens (primary N) is 1. The molecule has 0 radical (unpaired) electrons. The van der Waals surface area contributed by atoms with Crippen molar-refractivity contribution in [1.29, 1.82) is 0 Å². The minimum Gasteiger partial charge on any atom is -0.381 e. The lowest BCUT2D eigenvalue weighted by Gasteiger charge is -2.25. The summed E-state index contributed by atoms with van der Waals surface area (Å²) in [4.78, 5) is 0.0902. The van der Waals surface area contributed by atoms with Crippen LogP contribution >= 0.6 is 0 Å². The van der Waals surface area contributed by atoms with Crippen LogP contribution < -0.4 is 5.73 Å². The van der Waals surface area contributed by atoms with E-state index >= 15 is 0 Å². The summed E-state index contributed by atoms with van der Waals surface area (Å²) in [5.41, 5.74) is 5.70. The lowest BCUT2D eigenvalue weighted by atomic mass is 10.1. The van der Waals surface area contributed by atoms with Crippen molar-refractivity contribution in [2.45, 2.75) is 51.6 Å². The Bertz CT molecular complexity index is 522. The van der Waals surface area contributed by atoms with Crippen LogP contribution in [-0.2, 0) is 16.6 Å². The predicted molar refractivity (Wildman–Crippen MR) is 76.2 cm³/mol. The molecule has 0 aromatic carbocycles. The summed E-state index contributed by atoms with van der Waals surface area (Å²) in [6.07, 6.45) is 2.29. The number of aromatic nitrogens is 2. The summed E-state index contributed by atoms with van der Waals surface area (Å²) < 4.78 is 27.9. The van der Waals surface area contributed by atoms with Crippen LogP contribution in [0.25, 0.3) is 0 Å². The van der Waals surface area contributed by atoms with Crippen LogP contribution in [0.3, 0.4) is 0 Å². The zero-order chi connectivity index (χ0) is 14.8. The van der Waals surface area contributed by atoms with E-state index in [1.54, 1.807) is 7.05 Å². The van der Waals surface area contributed by atoms with Crippen LogP contribution in [0.2, 0.25) is 0 Å². The molecule has 1 rings (SSSR count). The van der Waals surface area contributed by atoms with Crippen LogP contribution in [0.5, 0.6) is 0 Å². The average molecular weight is 288 g/mol. The standard InChI is InChI=1S/C12H24N4O2S/c1-6-16-8-11(12(13)14-16)19(17,18)15(5)10(4)7-9(2)3/h8-10H,6-7H2,1-5H3,(H2,13,14). The fourth-order valence-electron chi connectivity index (χ4n) is 2.00. The lowest BCUT2D eigenvalue weighted by molar-refractivity contribution is 0.338. The largest absolute Gasteiger partial charge is 0.381 e. The first-order valence-electron chi connectivity index (χ1n) is 6.51. The first-order valence-corrected chi connectivity index (χ1v) is 7.95. The van der Waals surface area contributed by atoms with Gasteiger partial charge in [0.15, 0.2) is 5.82 Å². The molecular weight excluding hydrogens is 264 g/mol. The summed E-state index contributed by atoms with van der Waals surface area (Å²) in [6.45, 7) is 8.51. The quantitative estimate of drug-likeness (QED) is 0.861. The molecule has 1 aromatic rings. The molecule has 0 aliphatic carbocycles. The maximum atomic E-state index is 12.5. The van der Waals surface area contributed by atoms with E-state index in [-0.39, 0.29) is 16.8 Å². The maximum Gasteiger partial charge on any atom is 0.248 e. The molecule has 1 heterocycles. The van der Waals surface area contributed by atoms with Crippen molar-refractivity contribution in [3.8, 4) is 0 Å². The third-order valence-electron chi connectivity index (χ3n) is 3.17. The zero-order valence-electron chi connectivity index (χ0n) is 12.3. The Hall–Kier alpha value is -1.08. The molecule has 0 aliphatic heterocycles. The van der Waals surface area contributed by atoms with Gasteiger partial charge in [-0.3, -0.25) is 4.68 Å².